The fourth-order valence-corrected chi connectivity index (χ4v) is 3.16. The molecule has 7 heteroatoms. The fourth-order valence-electron chi connectivity index (χ4n) is 3.05. The van der Waals surface area contributed by atoms with Crippen LogP contribution in [0.5, 0.6) is 0 Å². The Labute approximate surface area is 168 Å². The quantitative estimate of drug-likeness (QED) is 0.678. The number of carbonyl (C=O) groups excluding carboxylic acids is 2. The van der Waals surface area contributed by atoms with Gasteiger partial charge in [0, 0.05) is 6.42 Å². The molecule has 0 saturated carbocycles. The summed E-state index contributed by atoms with van der Waals surface area (Å²) in [5.41, 5.74) is 2.55. The van der Waals surface area contributed by atoms with Gasteiger partial charge in [0.05, 0.1) is 23.0 Å². The van der Waals surface area contributed by atoms with Gasteiger partial charge in [-0.2, -0.15) is 0 Å². The van der Waals surface area contributed by atoms with E-state index in [4.69, 9.17) is 30.4 Å². The zero-order valence-electron chi connectivity index (χ0n) is 15.6. The summed E-state index contributed by atoms with van der Waals surface area (Å²) >= 11 is 5.42. The number of aryl methyl sites for hydroxylation is 2. The molecule has 1 aliphatic heterocycles. The highest BCUT2D eigenvalue weighted by molar-refractivity contribution is 6.07. The lowest BCUT2D eigenvalue weighted by molar-refractivity contribution is -0.0943. The standard InChI is InChI=1S/C21H21ClO6/c1-13-7-3-5-9-15(13)20(23)25-12-18-17(11-19(26-18)28-22)27-21(24)16-10-6-4-8-14(16)2/h3-10,17-19H,11-12H2,1-2H3/t17-,18+,19?/m0/s1. The molecule has 0 N–H and O–H groups in total. The number of ether oxygens (including phenoxy) is 3. The third kappa shape index (κ3) is 4.70. The molecule has 0 radical (unpaired) electrons. The molecule has 1 heterocycles. The summed E-state index contributed by atoms with van der Waals surface area (Å²) in [7, 11) is 0. The first kappa shape index (κ1) is 20.3. The van der Waals surface area contributed by atoms with Gasteiger partial charge in [-0.05, 0) is 37.1 Å². The lowest BCUT2D eigenvalue weighted by Gasteiger charge is -2.19. The Morgan fingerprint density at radius 1 is 1.00 bits per heavy atom. The van der Waals surface area contributed by atoms with E-state index >= 15 is 0 Å². The predicted octanol–water partition coefficient (Wildman–Crippen LogP) is 3.97. The van der Waals surface area contributed by atoms with Gasteiger partial charge < -0.3 is 14.2 Å². The summed E-state index contributed by atoms with van der Waals surface area (Å²) in [5.74, 6) is -0.946. The molecule has 28 heavy (non-hydrogen) atoms. The number of benzene rings is 2. The van der Waals surface area contributed by atoms with Gasteiger partial charge in [0.25, 0.3) is 0 Å². The van der Waals surface area contributed by atoms with Gasteiger partial charge in [0.2, 0.25) is 0 Å². The summed E-state index contributed by atoms with van der Waals surface area (Å²) in [5, 5.41) is 0. The lowest BCUT2D eigenvalue weighted by atomic mass is 10.1. The molecule has 1 unspecified atom stereocenters. The summed E-state index contributed by atoms with van der Waals surface area (Å²) in [4.78, 5) is 24.8. The smallest absolute Gasteiger partial charge is 0.338 e. The Morgan fingerprint density at radius 2 is 1.57 bits per heavy atom. The van der Waals surface area contributed by atoms with E-state index in [1.54, 1.807) is 24.3 Å². The highest BCUT2D eigenvalue weighted by Crippen LogP contribution is 2.27. The van der Waals surface area contributed by atoms with Crippen molar-refractivity contribution in [3.8, 4) is 0 Å². The number of rotatable bonds is 6. The van der Waals surface area contributed by atoms with Crippen molar-refractivity contribution in [2.75, 3.05) is 6.61 Å². The van der Waals surface area contributed by atoms with E-state index < -0.39 is 30.4 Å². The van der Waals surface area contributed by atoms with Crippen LogP contribution in [0.2, 0.25) is 0 Å². The molecule has 0 aromatic heterocycles. The van der Waals surface area contributed by atoms with Crippen molar-refractivity contribution in [1.29, 1.82) is 0 Å². The number of halogens is 1. The predicted molar refractivity (Wildman–Crippen MR) is 102 cm³/mol. The van der Waals surface area contributed by atoms with Crippen LogP contribution in [0.15, 0.2) is 48.5 Å². The SMILES string of the molecule is Cc1ccccc1C(=O)OC[C@H]1OC(OCl)C[C@@H]1OC(=O)c1ccccc1C. The van der Waals surface area contributed by atoms with E-state index in [1.807, 2.05) is 38.1 Å². The van der Waals surface area contributed by atoms with Crippen molar-refractivity contribution in [1.82, 2.24) is 0 Å². The van der Waals surface area contributed by atoms with Crippen LogP contribution in [0, 0.1) is 13.8 Å². The molecular formula is C21H21ClO6. The molecule has 0 spiro atoms. The van der Waals surface area contributed by atoms with E-state index in [2.05, 4.69) is 0 Å². The minimum atomic E-state index is -0.751. The van der Waals surface area contributed by atoms with E-state index in [0.717, 1.165) is 11.1 Å². The van der Waals surface area contributed by atoms with E-state index in [-0.39, 0.29) is 13.0 Å². The monoisotopic (exact) mass is 404 g/mol. The first-order valence-corrected chi connectivity index (χ1v) is 9.22. The van der Waals surface area contributed by atoms with Gasteiger partial charge >= 0.3 is 11.9 Å². The van der Waals surface area contributed by atoms with Gasteiger partial charge in [-0.3, -0.25) is 0 Å². The molecule has 3 atom stereocenters. The fraction of sp³-hybridized carbons (Fsp3) is 0.333. The molecule has 2 aromatic carbocycles. The summed E-state index contributed by atoms with van der Waals surface area (Å²) in [6, 6.07) is 14.2. The van der Waals surface area contributed by atoms with Gasteiger partial charge in [-0.1, -0.05) is 36.4 Å². The Bertz CT molecular complexity index is 852. The zero-order chi connectivity index (χ0) is 20.1. The molecular weight excluding hydrogens is 384 g/mol. The average Bonchev–Trinajstić information content (AvgIpc) is 3.08. The molecule has 1 aliphatic rings. The second kappa shape index (κ2) is 9.19. The third-order valence-corrected chi connectivity index (χ3v) is 4.83. The number of hydrogen-bond donors (Lipinski definition) is 0. The lowest BCUT2D eigenvalue weighted by Crippen LogP contribution is -2.32. The molecule has 6 nitrogen and oxygen atoms in total. The van der Waals surface area contributed by atoms with E-state index in [0.29, 0.717) is 11.1 Å². The van der Waals surface area contributed by atoms with Crippen LogP contribution in [-0.2, 0) is 18.5 Å². The molecule has 0 bridgehead atoms. The Balaban J connectivity index is 1.65. The van der Waals surface area contributed by atoms with Crippen molar-refractivity contribution in [3.63, 3.8) is 0 Å². The highest BCUT2D eigenvalue weighted by Gasteiger charge is 2.40. The van der Waals surface area contributed by atoms with Crippen molar-refractivity contribution >= 4 is 23.8 Å². The topological polar surface area (TPSA) is 71.1 Å². The average molecular weight is 405 g/mol. The molecule has 0 aliphatic carbocycles. The van der Waals surface area contributed by atoms with Crippen LogP contribution in [0.4, 0.5) is 0 Å². The minimum absolute atomic E-state index is 0.0877. The molecule has 148 valence electrons. The van der Waals surface area contributed by atoms with Crippen LogP contribution < -0.4 is 0 Å². The molecule has 3 rings (SSSR count). The minimum Gasteiger partial charge on any atom is -0.459 e. The van der Waals surface area contributed by atoms with Gasteiger partial charge in [-0.15, -0.1) is 0 Å². The first-order valence-electron chi connectivity index (χ1n) is 8.92. The maximum Gasteiger partial charge on any atom is 0.338 e. The van der Waals surface area contributed by atoms with Crippen LogP contribution in [0.3, 0.4) is 0 Å². The summed E-state index contributed by atoms with van der Waals surface area (Å²) in [6.45, 7) is 3.57. The number of carbonyl (C=O) groups is 2. The van der Waals surface area contributed by atoms with Crippen LogP contribution in [-0.4, -0.2) is 37.0 Å². The molecule has 2 aromatic rings. The van der Waals surface area contributed by atoms with Crippen LogP contribution >= 0.6 is 11.9 Å². The van der Waals surface area contributed by atoms with Gasteiger partial charge in [-0.25, -0.2) is 13.9 Å². The summed E-state index contributed by atoms with van der Waals surface area (Å²) < 4.78 is 21.3. The van der Waals surface area contributed by atoms with Crippen LogP contribution in [0.1, 0.15) is 38.3 Å². The van der Waals surface area contributed by atoms with E-state index in [9.17, 15) is 9.59 Å². The largest absolute Gasteiger partial charge is 0.459 e. The Morgan fingerprint density at radius 3 is 2.14 bits per heavy atom. The maximum absolute atomic E-state index is 12.5. The van der Waals surface area contributed by atoms with Gasteiger partial charge in [0.1, 0.15) is 18.8 Å². The Hall–Kier alpha value is -2.41. The molecule has 1 saturated heterocycles. The van der Waals surface area contributed by atoms with Crippen LogP contribution in [0.25, 0.3) is 0 Å². The van der Waals surface area contributed by atoms with Crippen molar-refractivity contribution < 1.29 is 28.1 Å². The van der Waals surface area contributed by atoms with Crippen molar-refractivity contribution in [3.05, 3.63) is 70.8 Å². The van der Waals surface area contributed by atoms with Crippen molar-refractivity contribution in [2.24, 2.45) is 0 Å². The first-order chi connectivity index (χ1) is 13.5. The Kier molecular flexibility index (Phi) is 6.67. The highest BCUT2D eigenvalue weighted by atomic mass is 35.5. The maximum atomic E-state index is 12.5. The number of hydrogen-bond acceptors (Lipinski definition) is 6. The van der Waals surface area contributed by atoms with Gasteiger partial charge in [0.15, 0.2) is 6.29 Å². The second-order valence-corrected chi connectivity index (χ2v) is 6.78. The van der Waals surface area contributed by atoms with Crippen molar-refractivity contribution in [2.45, 2.75) is 38.8 Å². The molecule has 0 amide bonds. The summed E-state index contributed by atoms with van der Waals surface area (Å²) in [6.07, 6.45) is -1.84. The zero-order valence-corrected chi connectivity index (χ0v) is 16.3. The number of esters is 2. The second-order valence-electron chi connectivity index (χ2n) is 6.60. The normalized spacial score (nSPS) is 21.3. The van der Waals surface area contributed by atoms with E-state index in [1.165, 1.54) is 0 Å². The molecule has 1 fully saturated rings. The third-order valence-electron chi connectivity index (χ3n) is 4.63.